The highest BCUT2D eigenvalue weighted by Crippen LogP contribution is 1.98. The monoisotopic (exact) mass is 154 g/mol. The van der Waals surface area contributed by atoms with Crippen molar-refractivity contribution >= 4 is 5.97 Å². The van der Waals surface area contributed by atoms with Gasteiger partial charge in [0, 0.05) is 0 Å². The number of carbonyl (C=O) groups is 1. The van der Waals surface area contributed by atoms with Crippen LogP contribution in [-0.4, -0.2) is 16.6 Å². The van der Waals surface area contributed by atoms with Crippen molar-refractivity contribution in [2.24, 2.45) is 0 Å². The van der Waals surface area contributed by atoms with E-state index in [2.05, 4.69) is 0 Å². The first-order valence-corrected chi connectivity index (χ1v) is 3.05. The predicted molar refractivity (Wildman–Crippen MR) is 41.4 cm³/mol. The zero-order valence-electron chi connectivity index (χ0n) is 5.95. The van der Waals surface area contributed by atoms with Crippen LogP contribution in [0.3, 0.4) is 0 Å². The van der Waals surface area contributed by atoms with Crippen LogP contribution in [0.4, 0.5) is 0 Å². The lowest BCUT2D eigenvalue weighted by Gasteiger charge is -1.92. The lowest BCUT2D eigenvalue weighted by molar-refractivity contribution is -0.136. The van der Waals surface area contributed by atoms with Gasteiger partial charge in [-0.25, -0.2) is 0 Å². The summed E-state index contributed by atoms with van der Waals surface area (Å²) < 4.78 is 0. The molecule has 3 nitrogen and oxygen atoms in total. The van der Waals surface area contributed by atoms with Gasteiger partial charge in [0.1, 0.15) is 0 Å². The van der Waals surface area contributed by atoms with Crippen molar-refractivity contribution in [3.63, 3.8) is 0 Å². The molecule has 1 aromatic carbocycles. The molecular formula is C8H10O3. The van der Waals surface area contributed by atoms with Gasteiger partial charge >= 0.3 is 5.97 Å². The van der Waals surface area contributed by atoms with E-state index in [-0.39, 0.29) is 11.9 Å². The Morgan fingerprint density at radius 3 is 2.27 bits per heavy atom. The average molecular weight is 154 g/mol. The molecule has 0 unspecified atom stereocenters. The molecule has 0 atom stereocenters. The molecule has 11 heavy (non-hydrogen) atoms. The topological polar surface area (TPSA) is 68.8 Å². The maximum atomic E-state index is 10.2. The molecule has 0 aliphatic heterocycles. The summed E-state index contributed by atoms with van der Waals surface area (Å²) in [4.78, 5) is 10.2. The summed E-state index contributed by atoms with van der Waals surface area (Å²) in [6.07, 6.45) is 0.112. The Kier molecular flexibility index (Phi) is 3.92. The summed E-state index contributed by atoms with van der Waals surface area (Å²) in [5.41, 5.74) is 0.843. The van der Waals surface area contributed by atoms with E-state index in [1.54, 1.807) is 12.1 Å². The van der Waals surface area contributed by atoms with E-state index in [1.165, 1.54) is 0 Å². The molecule has 1 aromatic rings. The molecule has 0 aliphatic rings. The lowest BCUT2D eigenvalue weighted by atomic mass is 10.2. The van der Waals surface area contributed by atoms with E-state index in [1.807, 2.05) is 18.2 Å². The number of hydrogen-bond acceptors (Lipinski definition) is 1. The summed E-state index contributed by atoms with van der Waals surface area (Å²) in [5, 5.41) is 8.37. The van der Waals surface area contributed by atoms with Crippen molar-refractivity contribution in [3.05, 3.63) is 35.9 Å². The Morgan fingerprint density at radius 1 is 1.27 bits per heavy atom. The molecule has 0 radical (unpaired) electrons. The van der Waals surface area contributed by atoms with E-state index in [0.29, 0.717) is 0 Å². The van der Waals surface area contributed by atoms with Gasteiger partial charge in [-0.3, -0.25) is 4.79 Å². The van der Waals surface area contributed by atoms with E-state index in [4.69, 9.17) is 5.11 Å². The minimum Gasteiger partial charge on any atom is -0.481 e. The highest BCUT2D eigenvalue weighted by Gasteiger charge is 1.96. The van der Waals surface area contributed by atoms with Gasteiger partial charge < -0.3 is 10.6 Å². The largest absolute Gasteiger partial charge is 0.481 e. The molecular weight excluding hydrogens is 144 g/mol. The summed E-state index contributed by atoms with van der Waals surface area (Å²) in [7, 11) is 0. The molecule has 0 spiro atoms. The van der Waals surface area contributed by atoms with Crippen LogP contribution < -0.4 is 0 Å². The highest BCUT2D eigenvalue weighted by atomic mass is 16.4. The van der Waals surface area contributed by atoms with Crippen molar-refractivity contribution in [3.8, 4) is 0 Å². The molecule has 1 rings (SSSR count). The van der Waals surface area contributed by atoms with Crippen molar-refractivity contribution < 1.29 is 15.4 Å². The average Bonchev–Trinajstić information content (AvgIpc) is 1.88. The van der Waals surface area contributed by atoms with Gasteiger partial charge in [0.15, 0.2) is 0 Å². The Labute approximate surface area is 64.6 Å². The molecule has 0 saturated carbocycles. The van der Waals surface area contributed by atoms with Crippen LogP contribution in [0.15, 0.2) is 30.3 Å². The van der Waals surface area contributed by atoms with E-state index in [0.717, 1.165) is 5.56 Å². The smallest absolute Gasteiger partial charge is 0.307 e. The number of carboxylic acid groups (broad SMARTS) is 1. The standard InChI is InChI=1S/C8H8O2.H2O/c9-8(10)6-7-4-2-1-3-5-7;/h1-5H,6H2,(H,9,10);1H2. The summed E-state index contributed by atoms with van der Waals surface area (Å²) in [6, 6.07) is 9.13. The Balaban J connectivity index is 0.000001000. The second kappa shape index (κ2) is 4.46. The second-order valence-electron chi connectivity index (χ2n) is 2.06. The quantitative estimate of drug-likeness (QED) is 0.673. The molecule has 3 heteroatoms. The first-order valence-electron chi connectivity index (χ1n) is 3.05. The van der Waals surface area contributed by atoms with Crippen LogP contribution in [0.5, 0.6) is 0 Å². The number of benzene rings is 1. The van der Waals surface area contributed by atoms with Gasteiger partial charge in [-0.15, -0.1) is 0 Å². The Bertz CT molecular complexity index is 218. The van der Waals surface area contributed by atoms with E-state index in [9.17, 15) is 4.79 Å². The molecule has 0 aromatic heterocycles. The van der Waals surface area contributed by atoms with Crippen LogP contribution in [0, 0.1) is 0 Å². The maximum absolute atomic E-state index is 10.2. The number of rotatable bonds is 2. The molecule has 3 N–H and O–H groups in total. The van der Waals surface area contributed by atoms with Crippen LogP contribution >= 0.6 is 0 Å². The fraction of sp³-hybridized carbons (Fsp3) is 0.125. The first-order chi connectivity index (χ1) is 4.79. The number of hydrogen-bond donors (Lipinski definition) is 1. The predicted octanol–water partition coefficient (Wildman–Crippen LogP) is 0.489. The van der Waals surface area contributed by atoms with Gasteiger partial charge in [-0.05, 0) is 5.56 Å². The minimum atomic E-state index is -0.786. The molecule has 0 aliphatic carbocycles. The van der Waals surface area contributed by atoms with Gasteiger partial charge in [-0.2, -0.15) is 0 Å². The zero-order chi connectivity index (χ0) is 7.40. The van der Waals surface area contributed by atoms with Gasteiger partial charge in [0.05, 0.1) is 6.42 Å². The molecule has 60 valence electrons. The SMILES string of the molecule is O.O=C(O)Cc1ccccc1. The van der Waals surface area contributed by atoms with Gasteiger partial charge in [-0.1, -0.05) is 30.3 Å². The zero-order valence-corrected chi connectivity index (χ0v) is 5.95. The van der Waals surface area contributed by atoms with Crippen LogP contribution in [0.25, 0.3) is 0 Å². The molecule has 0 saturated heterocycles. The van der Waals surface area contributed by atoms with E-state index >= 15 is 0 Å². The van der Waals surface area contributed by atoms with Crippen molar-refractivity contribution in [2.75, 3.05) is 0 Å². The molecule has 0 heterocycles. The van der Waals surface area contributed by atoms with Gasteiger partial charge in [0.2, 0.25) is 0 Å². The fourth-order valence-corrected chi connectivity index (χ4v) is 0.770. The molecule has 0 amide bonds. The third-order valence-corrected chi connectivity index (χ3v) is 1.20. The van der Waals surface area contributed by atoms with Crippen molar-refractivity contribution in [1.82, 2.24) is 0 Å². The number of aliphatic carboxylic acids is 1. The summed E-state index contributed by atoms with van der Waals surface area (Å²) in [6.45, 7) is 0. The van der Waals surface area contributed by atoms with Crippen molar-refractivity contribution in [1.29, 1.82) is 0 Å². The normalized spacial score (nSPS) is 8.36. The minimum absolute atomic E-state index is 0. The molecule has 0 fully saturated rings. The van der Waals surface area contributed by atoms with Crippen molar-refractivity contribution in [2.45, 2.75) is 6.42 Å². The first kappa shape index (κ1) is 9.65. The summed E-state index contributed by atoms with van der Waals surface area (Å²) >= 11 is 0. The Hall–Kier alpha value is -1.35. The van der Waals surface area contributed by atoms with Crippen LogP contribution in [0.2, 0.25) is 0 Å². The molecule has 0 bridgehead atoms. The highest BCUT2D eigenvalue weighted by molar-refractivity contribution is 5.70. The van der Waals surface area contributed by atoms with Gasteiger partial charge in [0.25, 0.3) is 0 Å². The maximum Gasteiger partial charge on any atom is 0.307 e. The number of carboxylic acids is 1. The lowest BCUT2D eigenvalue weighted by Crippen LogP contribution is -1.98. The second-order valence-corrected chi connectivity index (χ2v) is 2.06. The third-order valence-electron chi connectivity index (χ3n) is 1.20. The van der Waals surface area contributed by atoms with Crippen LogP contribution in [0.1, 0.15) is 5.56 Å². The summed E-state index contributed by atoms with van der Waals surface area (Å²) in [5.74, 6) is -0.786. The van der Waals surface area contributed by atoms with Crippen LogP contribution in [-0.2, 0) is 11.2 Å². The fourth-order valence-electron chi connectivity index (χ4n) is 0.770. The Morgan fingerprint density at radius 2 is 1.82 bits per heavy atom. The third kappa shape index (κ3) is 3.37. The van der Waals surface area contributed by atoms with E-state index < -0.39 is 5.97 Å².